The van der Waals surface area contributed by atoms with Crippen molar-refractivity contribution in [2.24, 2.45) is 0 Å². The molecule has 0 radical (unpaired) electrons. The highest BCUT2D eigenvalue weighted by molar-refractivity contribution is 8.00. The first-order chi connectivity index (χ1) is 17.9. The molecule has 0 unspecified atom stereocenters. The number of aromatic nitrogens is 2. The summed E-state index contributed by atoms with van der Waals surface area (Å²) in [5, 5.41) is 3.84. The van der Waals surface area contributed by atoms with E-state index in [-0.39, 0.29) is 11.5 Å². The van der Waals surface area contributed by atoms with Gasteiger partial charge in [-0.3, -0.25) is 14.2 Å². The highest BCUT2D eigenvalue weighted by atomic mass is 35.5. The molecule has 0 bridgehead atoms. The summed E-state index contributed by atoms with van der Waals surface area (Å²) in [6.45, 7) is 3.86. The molecule has 1 N–H and O–H groups in total. The lowest BCUT2D eigenvalue weighted by Gasteiger charge is -2.20. The van der Waals surface area contributed by atoms with Crippen LogP contribution in [0, 0.1) is 13.8 Å². The molecule has 1 heterocycles. The van der Waals surface area contributed by atoms with Crippen molar-refractivity contribution in [2.75, 3.05) is 5.32 Å². The number of anilines is 1. The van der Waals surface area contributed by atoms with E-state index in [4.69, 9.17) is 16.6 Å². The van der Waals surface area contributed by atoms with Gasteiger partial charge < -0.3 is 5.32 Å². The molecule has 5 nitrogen and oxygen atoms in total. The summed E-state index contributed by atoms with van der Waals surface area (Å²) in [5.74, 6) is -0.241. The van der Waals surface area contributed by atoms with Crippen LogP contribution in [0.1, 0.15) is 21.9 Å². The van der Waals surface area contributed by atoms with Gasteiger partial charge in [-0.05, 0) is 60.9 Å². The molecule has 0 aliphatic heterocycles. The molecule has 37 heavy (non-hydrogen) atoms. The van der Waals surface area contributed by atoms with E-state index in [1.54, 1.807) is 16.7 Å². The zero-order chi connectivity index (χ0) is 25.9. The second kappa shape index (κ2) is 10.6. The molecule has 0 aliphatic rings. The fourth-order valence-electron chi connectivity index (χ4n) is 4.10. The van der Waals surface area contributed by atoms with Crippen molar-refractivity contribution in [3.05, 3.63) is 129 Å². The van der Waals surface area contributed by atoms with Gasteiger partial charge in [0, 0.05) is 10.7 Å². The van der Waals surface area contributed by atoms with Crippen molar-refractivity contribution in [3.8, 4) is 5.69 Å². The third-order valence-corrected chi connectivity index (χ3v) is 7.72. The summed E-state index contributed by atoms with van der Waals surface area (Å²) >= 11 is 7.54. The summed E-state index contributed by atoms with van der Waals surface area (Å²) in [7, 11) is 0. The maximum absolute atomic E-state index is 13.7. The van der Waals surface area contributed by atoms with E-state index in [0.29, 0.717) is 26.8 Å². The number of fused-ring (bicyclic) bond motifs is 1. The lowest BCUT2D eigenvalue weighted by molar-refractivity contribution is -0.115. The number of aryl methyl sites for hydroxylation is 2. The third-order valence-electron chi connectivity index (χ3n) is 6.10. The van der Waals surface area contributed by atoms with E-state index < -0.39 is 5.25 Å². The summed E-state index contributed by atoms with van der Waals surface area (Å²) < 4.78 is 1.61. The zero-order valence-corrected chi connectivity index (χ0v) is 21.9. The van der Waals surface area contributed by atoms with E-state index in [1.165, 1.54) is 11.8 Å². The molecule has 7 heteroatoms. The van der Waals surface area contributed by atoms with E-state index in [2.05, 4.69) is 5.32 Å². The van der Waals surface area contributed by atoms with Crippen LogP contribution in [0.2, 0.25) is 5.02 Å². The van der Waals surface area contributed by atoms with Crippen molar-refractivity contribution in [1.82, 2.24) is 9.55 Å². The largest absolute Gasteiger partial charge is 0.325 e. The molecule has 5 aromatic rings. The van der Waals surface area contributed by atoms with Crippen LogP contribution in [0.4, 0.5) is 5.69 Å². The number of hydrogen-bond acceptors (Lipinski definition) is 4. The van der Waals surface area contributed by atoms with Crippen LogP contribution in [0.15, 0.2) is 107 Å². The van der Waals surface area contributed by atoms with Gasteiger partial charge in [-0.1, -0.05) is 90.1 Å². The van der Waals surface area contributed by atoms with Gasteiger partial charge in [-0.2, -0.15) is 0 Å². The van der Waals surface area contributed by atoms with Crippen LogP contribution in [0.3, 0.4) is 0 Å². The Morgan fingerprint density at radius 1 is 0.892 bits per heavy atom. The number of nitrogens with zero attached hydrogens (tertiary/aromatic N) is 2. The first-order valence-electron chi connectivity index (χ1n) is 11.8. The number of carbonyl (C=O) groups is 1. The predicted molar refractivity (Wildman–Crippen MR) is 152 cm³/mol. The van der Waals surface area contributed by atoms with Gasteiger partial charge in [0.2, 0.25) is 5.91 Å². The molecule has 5 rings (SSSR count). The van der Waals surface area contributed by atoms with Gasteiger partial charge in [0.15, 0.2) is 5.16 Å². The minimum Gasteiger partial charge on any atom is -0.325 e. The van der Waals surface area contributed by atoms with Gasteiger partial charge in [0.1, 0.15) is 5.25 Å². The molecule has 4 aromatic carbocycles. The summed E-state index contributed by atoms with van der Waals surface area (Å²) in [5.41, 5.74) is 4.38. The summed E-state index contributed by atoms with van der Waals surface area (Å²) in [6, 6.07) is 29.8. The fraction of sp³-hybridized carbons (Fsp3) is 0.100. The predicted octanol–water partition coefficient (Wildman–Crippen LogP) is 7.13. The number of halogens is 1. The average molecular weight is 526 g/mol. The Balaban J connectivity index is 1.64. The van der Waals surface area contributed by atoms with Crippen LogP contribution in [-0.4, -0.2) is 15.5 Å². The second-order valence-electron chi connectivity index (χ2n) is 8.70. The van der Waals surface area contributed by atoms with Gasteiger partial charge in [-0.25, -0.2) is 4.98 Å². The Bertz CT molecular complexity index is 1670. The third kappa shape index (κ3) is 5.17. The second-order valence-corrected chi connectivity index (χ2v) is 10.2. The monoisotopic (exact) mass is 525 g/mol. The van der Waals surface area contributed by atoms with Crippen LogP contribution >= 0.6 is 23.4 Å². The van der Waals surface area contributed by atoms with Crippen molar-refractivity contribution in [3.63, 3.8) is 0 Å². The van der Waals surface area contributed by atoms with Crippen molar-refractivity contribution in [2.45, 2.75) is 24.3 Å². The maximum atomic E-state index is 13.7. The Morgan fingerprint density at radius 3 is 2.35 bits per heavy atom. The molecule has 1 amide bonds. The first kappa shape index (κ1) is 24.8. The average Bonchev–Trinajstić information content (AvgIpc) is 2.91. The molecule has 0 fully saturated rings. The maximum Gasteiger partial charge on any atom is 0.266 e. The highest BCUT2D eigenvalue weighted by Gasteiger charge is 2.26. The quantitative estimate of drug-likeness (QED) is 0.189. The Kier molecular flexibility index (Phi) is 7.12. The lowest BCUT2D eigenvalue weighted by Crippen LogP contribution is -2.25. The molecule has 0 spiro atoms. The number of thioether (sulfide) groups is 1. The summed E-state index contributed by atoms with van der Waals surface area (Å²) in [4.78, 5) is 32.3. The van der Waals surface area contributed by atoms with Gasteiger partial charge in [-0.15, -0.1) is 0 Å². The number of amides is 1. The molecule has 1 aromatic heterocycles. The zero-order valence-electron chi connectivity index (χ0n) is 20.3. The van der Waals surface area contributed by atoms with Crippen molar-refractivity contribution in [1.29, 1.82) is 0 Å². The van der Waals surface area contributed by atoms with Gasteiger partial charge in [0.25, 0.3) is 5.56 Å². The SMILES string of the molecule is Cc1ccc(NC(=O)[C@@H](Sc2nc3ccccc3c(=O)n2-c2ccccc2C)c2ccccc2)cc1Cl. The number of para-hydroxylation sites is 2. The van der Waals surface area contributed by atoms with Crippen LogP contribution in [0.25, 0.3) is 16.6 Å². The van der Waals surface area contributed by atoms with Crippen LogP contribution in [-0.2, 0) is 4.79 Å². The molecule has 0 saturated carbocycles. The molecular formula is C30H24ClN3O2S. The minimum absolute atomic E-state index is 0.181. The number of hydrogen-bond donors (Lipinski definition) is 1. The normalized spacial score (nSPS) is 11.9. The molecule has 184 valence electrons. The number of rotatable bonds is 6. The number of carbonyl (C=O) groups excluding carboxylic acids is 1. The highest BCUT2D eigenvalue weighted by Crippen LogP contribution is 2.37. The van der Waals surface area contributed by atoms with Gasteiger partial charge >= 0.3 is 0 Å². The van der Waals surface area contributed by atoms with Crippen LogP contribution in [0.5, 0.6) is 0 Å². The van der Waals surface area contributed by atoms with Crippen molar-refractivity contribution < 1.29 is 4.79 Å². The molecule has 0 saturated heterocycles. The topological polar surface area (TPSA) is 64.0 Å². The fourth-order valence-corrected chi connectivity index (χ4v) is 5.39. The first-order valence-corrected chi connectivity index (χ1v) is 13.0. The van der Waals surface area contributed by atoms with E-state index in [1.807, 2.05) is 98.8 Å². The number of nitrogens with one attached hydrogen (secondary N) is 1. The van der Waals surface area contributed by atoms with E-state index in [9.17, 15) is 9.59 Å². The molecule has 1 atom stereocenters. The smallest absolute Gasteiger partial charge is 0.266 e. The summed E-state index contributed by atoms with van der Waals surface area (Å²) in [6.07, 6.45) is 0. The molecular weight excluding hydrogens is 502 g/mol. The Labute approximate surface area is 224 Å². The van der Waals surface area contributed by atoms with Crippen LogP contribution < -0.4 is 10.9 Å². The minimum atomic E-state index is -0.676. The Morgan fingerprint density at radius 2 is 1.59 bits per heavy atom. The standard InChI is InChI=1S/C30H24ClN3O2S/c1-19-16-17-22(18-24(19)31)32-28(35)27(21-11-4-3-5-12-21)37-30-33-25-14-8-7-13-23(25)29(36)34(30)26-15-9-6-10-20(26)2/h3-18,27H,1-2H3,(H,32,35)/t27-/m0/s1. The van der Waals surface area contributed by atoms with Gasteiger partial charge in [0.05, 0.1) is 16.6 Å². The van der Waals surface area contributed by atoms with E-state index >= 15 is 0 Å². The number of benzene rings is 4. The van der Waals surface area contributed by atoms with E-state index in [0.717, 1.165) is 22.4 Å². The molecule has 0 aliphatic carbocycles. The lowest BCUT2D eigenvalue weighted by atomic mass is 10.1. The van der Waals surface area contributed by atoms with Crippen molar-refractivity contribution >= 4 is 45.9 Å². The Hall–Kier alpha value is -3.87.